The van der Waals surface area contributed by atoms with Crippen LogP contribution in [0.5, 0.6) is 0 Å². The van der Waals surface area contributed by atoms with Crippen molar-refractivity contribution in [3.8, 4) is 0 Å². The fourth-order valence-electron chi connectivity index (χ4n) is 1.21. The fraction of sp³-hybridized carbons (Fsp3) is 0. The molecule has 84 valence electrons. The quantitative estimate of drug-likeness (QED) is 0.689. The van der Waals surface area contributed by atoms with Gasteiger partial charge >= 0.3 is 104 Å². The molecule has 0 aliphatic carbocycles. The molecule has 0 aliphatic heterocycles. The summed E-state index contributed by atoms with van der Waals surface area (Å²) in [6.07, 6.45) is 0. The molecule has 0 saturated carbocycles. The van der Waals surface area contributed by atoms with Crippen LogP contribution in [0.25, 0.3) is 0 Å². The fourth-order valence-corrected chi connectivity index (χ4v) is 5.19. The molecule has 2 aromatic rings. The second kappa shape index (κ2) is 5.10. The molecule has 0 atom stereocenters. The Hall–Kier alpha value is -0.680. The van der Waals surface area contributed by atoms with Crippen LogP contribution in [-0.2, 0) is 0 Å². The predicted octanol–water partition coefficient (Wildman–Crippen LogP) is 4.66. The molecule has 0 saturated heterocycles. The van der Waals surface area contributed by atoms with Gasteiger partial charge in [0, 0.05) is 0 Å². The number of hydrogen-bond acceptors (Lipinski definition) is 0. The Morgan fingerprint density at radius 2 is 1.00 bits per heavy atom. The molecule has 0 aromatic heterocycles. The Bertz CT molecular complexity index is 422. The van der Waals surface area contributed by atoms with Crippen LogP contribution in [0.3, 0.4) is 0 Å². The maximum atomic E-state index is 12.7. The molecular weight excluding hydrogens is 344 g/mol. The molecule has 0 nitrogen and oxygen atoms in total. The first-order valence-corrected chi connectivity index (χ1v) is 9.43. The van der Waals surface area contributed by atoms with E-state index in [4.69, 9.17) is 8.91 Å². The van der Waals surface area contributed by atoms with E-state index in [1.165, 1.54) is 24.3 Å². The number of rotatable bonds is 2. The Labute approximate surface area is 103 Å². The Kier molecular flexibility index (Phi) is 3.76. The first-order chi connectivity index (χ1) is 7.66. The number of halogens is 4. The van der Waals surface area contributed by atoms with E-state index in [1.807, 2.05) is 0 Å². The molecule has 0 fully saturated rings. The minimum atomic E-state index is -2.00. The summed E-state index contributed by atoms with van der Waals surface area (Å²) < 4.78 is 27.3. The molecule has 16 heavy (non-hydrogen) atoms. The summed E-state index contributed by atoms with van der Waals surface area (Å²) in [7, 11) is 6.35. The number of hydrogen-bond donors (Lipinski definition) is 0. The zero-order valence-corrected chi connectivity index (χ0v) is 11.0. The van der Waals surface area contributed by atoms with E-state index in [0.29, 0.717) is 0 Å². The second-order valence-electron chi connectivity index (χ2n) is 3.11. The zero-order valence-electron chi connectivity index (χ0n) is 8.13. The van der Waals surface area contributed by atoms with Crippen molar-refractivity contribution in [2.45, 2.75) is 0 Å². The van der Waals surface area contributed by atoms with E-state index < -0.39 is 18.7 Å². The predicted molar refractivity (Wildman–Crippen MR) is 70.1 cm³/mol. The van der Waals surface area contributed by atoms with Gasteiger partial charge in [-0.05, 0) is 0 Å². The molecule has 4 heteroatoms. The van der Waals surface area contributed by atoms with Gasteiger partial charge in [0.1, 0.15) is 0 Å². The average Bonchev–Trinajstić information content (AvgIpc) is 2.30. The Morgan fingerprint density at radius 3 is 1.31 bits per heavy atom. The van der Waals surface area contributed by atoms with E-state index >= 15 is 0 Å². The first kappa shape index (κ1) is 11.8. The van der Waals surface area contributed by atoms with Gasteiger partial charge in [0.05, 0.1) is 0 Å². The molecule has 0 radical (unpaired) electrons. The van der Waals surface area contributed by atoms with E-state index in [0.717, 1.165) is 7.14 Å². The summed E-state index contributed by atoms with van der Waals surface area (Å²) in [5, 5.41) is 0. The SMILES string of the molecule is Fc1ccc(I(Cl)c2ccc(F)cc2)cc1. The van der Waals surface area contributed by atoms with Crippen LogP contribution in [0.15, 0.2) is 48.5 Å². The molecule has 0 unspecified atom stereocenters. The van der Waals surface area contributed by atoms with Crippen molar-refractivity contribution in [2.75, 3.05) is 0 Å². The van der Waals surface area contributed by atoms with Crippen LogP contribution in [0, 0.1) is 18.8 Å². The Morgan fingerprint density at radius 1 is 0.688 bits per heavy atom. The molecule has 0 spiro atoms. The molecule has 0 N–H and O–H groups in total. The van der Waals surface area contributed by atoms with Crippen molar-refractivity contribution in [3.05, 3.63) is 67.3 Å². The van der Waals surface area contributed by atoms with Gasteiger partial charge in [0.25, 0.3) is 0 Å². The molecular formula is C12H8ClF2I. The van der Waals surface area contributed by atoms with E-state index in [2.05, 4.69) is 0 Å². The summed E-state index contributed by atoms with van der Waals surface area (Å²) in [4.78, 5) is 0. The van der Waals surface area contributed by atoms with Crippen LogP contribution in [-0.4, -0.2) is 0 Å². The average molecular weight is 353 g/mol. The molecule has 2 aromatic carbocycles. The minimum absolute atomic E-state index is 0.274. The molecule has 0 aliphatic rings. The van der Waals surface area contributed by atoms with Gasteiger partial charge in [0.15, 0.2) is 0 Å². The van der Waals surface area contributed by atoms with Gasteiger partial charge in [-0.2, -0.15) is 0 Å². The third-order valence-electron chi connectivity index (χ3n) is 1.99. The monoisotopic (exact) mass is 352 g/mol. The summed E-state index contributed by atoms with van der Waals surface area (Å²) >= 11 is -2.00. The van der Waals surface area contributed by atoms with Crippen molar-refractivity contribution in [1.82, 2.24) is 0 Å². The van der Waals surface area contributed by atoms with Gasteiger partial charge in [-0.15, -0.1) is 0 Å². The van der Waals surface area contributed by atoms with Gasteiger partial charge in [0.2, 0.25) is 0 Å². The van der Waals surface area contributed by atoms with E-state index in [1.54, 1.807) is 24.3 Å². The van der Waals surface area contributed by atoms with Crippen LogP contribution in [0.2, 0.25) is 0 Å². The maximum absolute atomic E-state index is 12.7. The molecule has 0 bridgehead atoms. The third kappa shape index (κ3) is 2.71. The van der Waals surface area contributed by atoms with E-state index in [9.17, 15) is 8.78 Å². The van der Waals surface area contributed by atoms with Crippen LogP contribution < -0.4 is 0 Å². The molecule has 0 amide bonds. The van der Waals surface area contributed by atoms with Gasteiger partial charge in [-0.25, -0.2) is 0 Å². The van der Waals surface area contributed by atoms with Crippen molar-refractivity contribution in [1.29, 1.82) is 0 Å². The summed E-state index contributed by atoms with van der Waals surface area (Å²) in [6.45, 7) is 0. The van der Waals surface area contributed by atoms with E-state index in [-0.39, 0.29) is 11.6 Å². The van der Waals surface area contributed by atoms with Gasteiger partial charge in [-0.3, -0.25) is 0 Å². The van der Waals surface area contributed by atoms with Gasteiger partial charge < -0.3 is 0 Å². The molecule has 0 heterocycles. The first-order valence-electron chi connectivity index (χ1n) is 4.54. The van der Waals surface area contributed by atoms with Gasteiger partial charge in [-0.1, -0.05) is 0 Å². The van der Waals surface area contributed by atoms with Crippen LogP contribution >= 0.6 is 27.6 Å². The normalized spacial score (nSPS) is 11.3. The second-order valence-corrected chi connectivity index (χ2v) is 8.87. The number of benzene rings is 2. The third-order valence-corrected chi connectivity index (χ3v) is 7.83. The summed E-state index contributed by atoms with van der Waals surface area (Å²) in [6, 6.07) is 12.3. The zero-order chi connectivity index (χ0) is 11.5. The van der Waals surface area contributed by atoms with Crippen molar-refractivity contribution < 1.29 is 8.78 Å². The summed E-state index contributed by atoms with van der Waals surface area (Å²) in [5.74, 6) is -0.549. The van der Waals surface area contributed by atoms with Crippen molar-refractivity contribution in [3.63, 3.8) is 0 Å². The van der Waals surface area contributed by atoms with Crippen molar-refractivity contribution >= 4 is 27.6 Å². The van der Waals surface area contributed by atoms with Crippen LogP contribution in [0.4, 0.5) is 8.78 Å². The Balaban J connectivity index is 2.28. The summed E-state index contributed by atoms with van der Waals surface area (Å²) in [5.41, 5.74) is 0. The van der Waals surface area contributed by atoms with Crippen LogP contribution in [0.1, 0.15) is 0 Å². The molecule has 2 rings (SSSR count). The topological polar surface area (TPSA) is 0 Å². The standard InChI is InChI=1S/C12H8ClF2I/c13-16(11-5-1-9(14)2-6-11)12-7-3-10(15)4-8-12/h1-8H. The van der Waals surface area contributed by atoms with Crippen molar-refractivity contribution in [2.24, 2.45) is 0 Å².